The molecule has 0 amide bonds. The highest BCUT2D eigenvalue weighted by Gasteiger charge is 2.19. The van der Waals surface area contributed by atoms with E-state index >= 15 is 0 Å². The minimum absolute atomic E-state index is 0. The SMILES string of the molecule is Cc1nnc(CN=C(NC(C)CCC2CCCCC2)NC2CCCC2)n1C.I. The number of nitrogens with one attached hydrogen (secondary N) is 2. The van der Waals surface area contributed by atoms with E-state index in [1.54, 1.807) is 0 Å². The van der Waals surface area contributed by atoms with Crippen LogP contribution in [0.1, 0.15) is 89.2 Å². The zero-order valence-electron chi connectivity index (χ0n) is 17.9. The highest BCUT2D eigenvalue weighted by atomic mass is 127. The minimum Gasteiger partial charge on any atom is -0.354 e. The standard InChI is InChI=1S/C21H38N6.HI/c1-16(13-14-18-9-5-4-6-10-18)23-21(24-19-11-7-8-12-19)22-15-20-26-25-17(2)27(20)3;/h16,18-19H,4-15H2,1-3H3,(H2,22,23,24);1H. The number of rotatable bonds is 7. The molecule has 2 fully saturated rings. The summed E-state index contributed by atoms with van der Waals surface area (Å²) in [6, 6.07) is 1.00. The molecule has 1 heterocycles. The summed E-state index contributed by atoms with van der Waals surface area (Å²) in [5.74, 6) is 3.72. The Kier molecular flexibility index (Phi) is 10.0. The Balaban J connectivity index is 0.00000280. The number of aromatic nitrogens is 3. The van der Waals surface area contributed by atoms with Crippen LogP contribution in [0, 0.1) is 12.8 Å². The summed E-state index contributed by atoms with van der Waals surface area (Å²) in [4.78, 5) is 4.84. The van der Waals surface area contributed by atoms with Crippen molar-refractivity contribution in [2.45, 2.75) is 103 Å². The van der Waals surface area contributed by atoms with E-state index in [0.29, 0.717) is 18.6 Å². The van der Waals surface area contributed by atoms with Gasteiger partial charge >= 0.3 is 0 Å². The number of hydrogen-bond acceptors (Lipinski definition) is 3. The van der Waals surface area contributed by atoms with E-state index in [2.05, 4.69) is 27.8 Å². The molecule has 1 aromatic rings. The van der Waals surface area contributed by atoms with Crippen LogP contribution in [0.4, 0.5) is 0 Å². The number of hydrogen-bond donors (Lipinski definition) is 2. The second-order valence-corrected chi connectivity index (χ2v) is 8.64. The van der Waals surface area contributed by atoms with Crippen molar-refractivity contribution >= 4 is 29.9 Å². The van der Waals surface area contributed by atoms with Gasteiger partial charge in [0.05, 0.1) is 0 Å². The molecule has 7 heteroatoms. The number of halogens is 1. The summed E-state index contributed by atoms with van der Waals surface area (Å²) in [7, 11) is 2.00. The maximum absolute atomic E-state index is 4.84. The van der Waals surface area contributed by atoms with Gasteiger partial charge < -0.3 is 15.2 Å². The third kappa shape index (κ3) is 7.19. The smallest absolute Gasteiger partial charge is 0.192 e. The van der Waals surface area contributed by atoms with Crippen molar-refractivity contribution in [3.8, 4) is 0 Å². The maximum Gasteiger partial charge on any atom is 0.192 e. The molecule has 1 atom stereocenters. The third-order valence-corrected chi connectivity index (χ3v) is 6.37. The molecule has 0 aromatic carbocycles. The summed E-state index contributed by atoms with van der Waals surface area (Å²) < 4.78 is 2.02. The predicted molar refractivity (Wildman–Crippen MR) is 126 cm³/mol. The topological polar surface area (TPSA) is 67.1 Å². The molecule has 0 aliphatic heterocycles. The van der Waals surface area contributed by atoms with E-state index in [4.69, 9.17) is 4.99 Å². The van der Waals surface area contributed by atoms with Gasteiger partial charge in [-0.1, -0.05) is 44.9 Å². The van der Waals surface area contributed by atoms with Crippen molar-refractivity contribution in [1.29, 1.82) is 0 Å². The van der Waals surface area contributed by atoms with Gasteiger partial charge in [0.2, 0.25) is 0 Å². The van der Waals surface area contributed by atoms with E-state index in [-0.39, 0.29) is 24.0 Å². The lowest BCUT2D eigenvalue weighted by Gasteiger charge is -2.25. The van der Waals surface area contributed by atoms with Crippen LogP contribution in [0.25, 0.3) is 0 Å². The molecule has 0 saturated heterocycles. The fraction of sp³-hybridized carbons (Fsp3) is 0.857. The Morgan fingerprint density at radius 2 is 1.79 bits per heavy atom. The zero-order chi connectivity index (χ0) is 19.1. The predicted octanol–water partition coefficient (Wildman–Crippen LogP) is 4.47. The van der Waals surface area contributed by atoms with E-state index in [1.165, 1.54) is 70.6 Å². The van der Waals surface area contributed by atoms with Crippen LogP contribution in [0.15, 0.2) is 4.99 Å². The fourth-order valence-corrected chi connectivity index (χ4v) is 4.40. The second-order valence-electron chi connectivity index (χ2n) is 8.64. The Labute approximate surface area is 187 Å². The Morgan fingerprint density at radius 1 is 1.11 bits per heavy atom. The first-order valence-electron chi connectivity index (χ1n) is 11.0. The first-order chi connectivity index (χ1) is 13.1. The highest BCUT2D eigenvalue weighted by molar-refractivity contribution is 14.0. The van der Waals surface area contributed by atoms with Gasteiger partial charge in [-0.3, -0.25) is 0 Å². The molecular formula is C21H39IN6. The van der Waals surface area contributed by atoms with Gasteiger partial charge in [0.15, 0.2) is 11.8 Å². The van der Waals surface area contributed by atoms with Crippen molar-refractivity contribution in [1.82, 2.24) is 25.4 Å². The lowest BCUT2D eigenvalue weighted by atomic mass is 9.85. The number of nitrogens with zero attached hydrogens (tertiary/aromatic N) is 4. The molecule has 2 N–H and O–H groups in total. The van der Waals surface area contributed by atoms with E-state index in [9.17, 15) is 0 Å². The third-order valence-electron chi connectivity index (χ3n) is 6.37. The number of guanidine groups is 1. The van der Waals surface area contributed by atoms with Gasteiger partial charge in [0.25, 0.3) is 0 Å². The van der Waals surface area contributed by atoms with Gasteiger partial charge in [0.1, 0.15) is 12.4 Å². The molecule has 3 rings (SSSR count). The van der Waals surface area contributed by atoms with Crippen LogP contribution in [0.2, 0.25) is 0 Å². The van der Waals surface area contributed by atoms with Gasteiger partial charge in [0, 0.05) is 19.1 Å². The molecule has 1 aromatic heterocycles. The van der Waals surface area contributed by atoms with Crippen LogP contribution in [-0.2, 0) is 13.6 Å². The fourth-order valence-electron chi connectivity index (χ4n) is 4.40. The summed E-state index contributed by atoms with van der Waals surface area (Å²) in [6.45, 7) is 4.83. The number of aryl methyl sites for hydroxylation is 1. The Morgan fingerprint density at radius 3 is 2.43 bits per heavy atom. The molecule has 28 heavy (non-hydrogen) atoms. The van der Waals surface area contributed by atoms with Crippen molar-refractivity contribution in [3.63, 3.8) is 0 Å². The molecule has 0 bridgehead atoms. The van der Waals surface area contributed by atoms with Crippen LogP contribution >= 0.6 is 24.0 Å². The Bertz CT molecular complexity index is 602. The lowest BCUT2D eigenvalue weighted by molar-refractivity contribution is 0.322. The average Bonchev–Trinajstić information content (AvgIpc) is 3.30. The second kappa shape index (κ2) is 12.0. The average molecular weight is 502 g/mol. The molecular weight excluding hydrogens is 463 g/mol. The highest BCUT2D eigenvalue weighted by Crippen LogP contribution is 2.27. The van der Waals surface area contributed by atoms with Gasteiger partial charge in [-0.2, -0.15) is 0 Å². The van der Waals surface area contributed by atoms with E-state index in [0.717, 1.165) is 23.5 Å². The first-order valence-corrected chi connectivity index (χ1v) is 11.0. The summed E-state index contributed by atoms with van der Waals surface area (Å²) in [5, 5.41) is 15.7. The molecule has 160 valence electrons. The van der Waals surface area contributed by atoms with Crippen LogP contribution < -0.4 is 10.6 Å². The normalized spacial score (nSPS) is 20.0. The Hall–Kier alpha value is -0.860. The minimum atomic E-state index is 0. The van der Waals surface area contributed by atoms with Crippen LogP contribution in [-0.4, -0.2) is 32.8 Å². The van der Waals surface area contributed by atoms with Crippen molar-refractivity contribution in [2.24, 2.45) is 18.0 Å². The molecule has 2 aliphatic rings. The van der Waals surface area contributed by atoms with E-state index in [1.807, 2.05) is 18.5 Å². The first kappa shape index (κ1) is 23.4. The van der Waals surface area contributed by atoms with Crippen molar-refractivity contribution in [3.05, 3.63) is 11.6 Å². The van der Waals surface area contributed by atoms with Crippen molar-refractivity contribution < 1.29 is 0 Å². The van der Waals surface area contributed by atoms with Crippen LogP contribution in [0.3, 0.4) is 0 Å². The molecule has 0 spiro atoms. The summed E-state index contributed by atoms with van der Waals surface area (Å²) in [6.07, 6.45) is 14.9. The largest absolute Gasteiger partial charge is 0.354 e. The number of aliphatic imine (C=N–C) groups is 1. The molecule has 1 unspecified atom stereocenters. The van der Waals surface area contributed by atoms with Gasteiger partial charge in [-0.05, 0) is 45.4 Å². The maximum atomic E-state index is 4.84. The van der Waals surface area contributed by atoms with Crippen LogP contribution in [0.5, 0.6) is 0 Å². The molecule has 2 aliphatic carbocycles. The van der Waals surface area contributed by atoms with Gasteiger partial charge in [-0.25, -0.2) is 4.99 Å². The molecule has 2 saturated carbocycles. The van der Waals surface area contributed by atoms with Gasteiger partial charge in [-0.15, -0.1) is 34.2 Å². The molecule has 6 nitrogen and oxygen atoms in total. The van der Waals surface area contributed by atoms with Crippen molar-refractivity contribution in [2.75, 3.05) is 0 Å². The summed E-state index contributed by atoms with van der Waals surface area (Å²) in [5.41, 5.74) is 0. The monoisotopic (exact) mass is 502 g/mol. The lowest BCUT2D eigenvalue weighted by Crippen LogP contribution is -2.46. The quantitative estimate of drug-likeness (QED) is 0.328. The van der Waals surface area contributed by atoms with E-state index < -0.39 is 0 Å². The zero-order valence-corrected chi connectivity index (χ0v) is 20.2. The molecule has 0 radical (unpaired) electrons. The summed E-state index contributed by atoms with van der Waals surface area (Å²) >= 11 is 0.